The second-order valence-corrected chi connectivity index (χ2v) is 4.98. The van der Waals surface area contributed by atoms with E-state index in [1.807, 2.05) is 30.3 Å². The van der Waals surface area contributed by atoms with Crippen LogP contribution >= 0.6 is 0 Å². The Hall–Kier alpha value is -2.56. The number of aliphatic imine (C=N–C) groups is 1. The first-order chi connectivity index (χ1) is 10.7. The van der Waals surface area contributed by atoms with Crippen molar-refractivity contribution >= 4 is 30.4 Å². The zero-order valence-electron chi connectivity index (χ0n) is 12.2. The summed E-state index contributed by atoms with van der Waals surface area (Å²) in [6.07, 6.45) is 7.51. The van der Waals surface area contributed by atoms with Gasteiger partial charge in [0.1, 0.15) is 12.3 Å². The molecule has 22 heavy (non-hydrogen) atoms. The van der Waals surface area contributed by atoms with Gasteiger partial charge in [0, 0.05) is 6.08 Å². The Balaban J connectivity index is 2.09. The summed E-state index contributed by atoms with van der Waals surface area (Å²) in [7, 11) is 0. The van der Waals surface area contributed by atoms with Crippen molar-refractivity contribution in [1.82, 2.24) is 4.90 Å². The molecule has 0 bridgehead atoms. The number of nitrogens with zero attached hydrogens (tertiary/aromatic N) is 2. The second-order valence-electron chi connectivity index (χ2n) is 4.98. The minimum absolute atomic E-state index is 0.247. The highest BCUT2D eigenvalue weighted by Gasteiger charge is 2.27. The lowest BCUT2D eigenvalue weighted by Crippen LogP contribution is -2.43. The molecule has 1 aliphatic heterocycles. The molecule has 0 saturated heterocycles. The molecule has 114 valence electrons. The molecule has 2 amide bonds. The van der Waals surface area contributed by atoms with Gasteiger partial charge in [-0.25, -0.2) is 0 Å². The molecule has 2 rings (SSSR count). The third-order valence-electron chi connectivity index (χ3n) is 3.39. The summed E-state index contributed by atoms with van der Waals surface area (Å²) in [6, 6.07) is 8.73. The molecule has 0 spiro atoms. The Bertz CT molecular complexity index is 593. The maximum Gasteiger partial charge on any atom is 0.254 e. The molecule has 0 N–H and O–H groups in total. The van der Waals surface area contributed by atoms with Crippen LogP contribution < -0.4 is 0 Å². The number of carbonyl (C=O) groups is 3. The van der Waals surface area contributed by atoms with Crippen LogP contribution in [0.2, 0.25) is 0 Å². The van der Waals surface area contributed by atoms with Gasteiger partial charge < -0.3 is 4.79 Å². The SMILES string of the molecule is O=CCN(C(=O)C=Cc1ccccc1)C(=O)C1CCCC=N1. The fraction of sp³-hybridized carbons (Fsp3) is 0.294. The fourth-order valence-corrected chi connectivity index (χ4v) is 2.23. The average molecular weight is 298 g/mol. The van der Waals surface area contributed by atoms with Crippen LogP contribution in [0.25, 0.3) is 6.08 Å². The first-order valence-electron chi connectivity index (χ1n) is 7.26. The predicted octanol–water partition coefficient (Wildman–Crippen LogP) is 1.88. The molecular weight excluding hydrogens is 280 g/mol. The van der Waals surface area contributed by atoms with Crippen molar-refractivity contribution in [3.8, 4) is 0 Å². The van der Waals surface area contributed by atoms with E-state index >= 15 is 0 Å². The number of benzene rings is 1. The molecule has 0 aliphatic carbocycles. The summed E-state index contributed by atoms with van der Waals surface area (Å²) in [5.74, 6) is -0.910. The van der Waals surface area contributed by atoms with Gasteiger partial charge in [-0.1, -0.05) is 30.3 Å². The molecule has 0 radical (unpaired) electrons. The Labute approximate surface area is 129 Å². The van der Waals surface area contributed by atoms with Gasteiger partial charge in [0.05, 0.1) is 6.54 Å². The lowest BCUT2D eigenvalue weighted by molar-refractivity contribution is -0.144. The largest absolute Gasteiger partial charge is 0.301 e. The van der Waals surface area contributed by atoms with Crippen molar-refractivity contribution < 1.29 is 14.4 Å². The number of amides is 2. The number of hydrogen-bond donors (Lipinski definition) is 0. The van der Waals surface area contributed by atoms with Crippen molar-refractivity contribution in [1.29, 1.82) is 0 Å². The predicted molar refractivity (Wildman–Crippen MR) is 84.4 cm³/mol. The van der Waals surface area contributed by atoms with Gasteiger partial charge in [0.2, 0.25) is 0 Å². The number of hydrogen-bond acceptors (Lipinski definition) is 4. The molecule has 5 nitrogen and oxygen atoms in total. The van der Waals surface area contributed by atoms with E-state index in [0.29, 0.717) is 12.7 Å². The highest BCUT2D eigenvalue weighted by molar-refractivity contribution is 6.05. The second kappa shape index (κ2) is 8.02. The van der Waals surface area contributed by atoms with Gasteiger partial charge in [-0.05, 0) is 37.1 Å². The van der Waals surface area contributed by atoms with Gasteiger partial charge in [-0.3, -0.25) is 19.5 Å². The highest BCUT2D eigenvalue weighted by Crippen LogP contribution is 2.13. The van der Waals surface area contributed by atoms with E-state index in [-0.39, 0.29) is 6.54 Å². The van der Waals surface area contributed by atoms with Crippen LogP contribution in [0.3, 0.4) is 0 Å². The standard InChI is InChI=1S/C17H18N2O3/c20-13-12-19(17(22)15-8-4-5-11-18-15)16(21)10-9-14-6-2-1-3-7-14/h1-3,6-7,9-11,13,15H,4-5,8,12H2. The lowest BCUT2D eigenvalue weighted by atomic mass is 10.1. The summed E-state index contributed by atoms with van der Waals surface area (Å²) in [4.78, 5) is 40.4. The summed E-state index contributed by atoms with van der Waals surface area (Å²) in [5.41, 5.74) is 0.852. The van der Waals surface area contributed by atoms with E-state index in [0.717, 1.165) is 23.3 Å². The van der Waals surface area contributed by atoms with Crippen LogP contribution in [0.1, 0.15) is 24.8 Å². The third kappa shape index (κ3) is 4.22. The Morgan fingerprint density at radius 2 is 2.05 bits per heavy atom. The van der Waals surface area contributed by atoms with Crippen LogP contribution in [0.5, 0.6) is 0 Å². The van der Waals surface area contributed by atoms with Crippen molar-refractivity contribution in [2.45, 2.75) is 25.3 Å². The molecule has 1 unspecified atom stereocenters. The Morgan fingerprint density at radius 3 is 2.68 bits per heavy atom. The minimum atomic E-state index is -0.553. The lowest BCUT2D eigenvalue weighted by Gasteiger charge is -2.22. The molecule has 1 atom stereocenters. The molecule has 5 heteroatoms. The maximum atomic E-state index is 12.3. The topological polar surface area (TPSA) is 66.8 Å². The van der Waals surface area contributed by atoms with Gasteiger partial charge in [-0.15, -0.1) is 0 Å². The summed E-state index contributed by atoms with van der Waals surface area (Å²) >= 11 is 0. The van der Waals surface area contributed by atoms with Crippen molar-refractivity contribution in [2.24, 2.45) is 4.99 Å². The van der Waals surface area contributed by atoms with Gasteiger partial charge in [0.25, 0.3) is 11.8 Å². The van der Waals surface area contributed by atoms with Crippen LogP contribution in [-0.2, 0) is 14.4 Å². The third-order valence-corrected chi connectivity index (χ3v) is 3.39. The van der Waals surface area contributed by atoms with Crippen molar-refractivity contribution in [2.75, 3.05) is 6.54 Å². The van der Waals surface area contributed by atoms with Crippen molar-refractivity contribution in [3.63, 3.8) is 0 Å². The van der Waals surface area contributed by atoms with Crippen molar-refractivity contribution in [3.05, 3.63) is 42.0 Å². The Morgan fingerprint density at radius 1 is 1.27 bits per heavy atom. The number of carbonyl (C=O) groups excluding carboxylic acids is 3. The molecular formula is C17H18N2O3. The zero-order chi connectivity index (χ0) is 15.8. The quantitative estimate of drug-likeness (QED) is 0.615. The summed E-state index contributed by atoms with van der Waals surface area (Å²) < 4.78 is 0. The molecule has 0 fully saturated rings. The number of rotatable bonds is 5. The minimum Gasteiger partial charge on any atom is -0.301 e. The van der Waals surface area contributed by atoms with Gasteiger partial charge in [-0.2, -0.15) is 0 Å². The zero-order valence-corrected chi connectivity index (χ0v) is 12.2. The van der Waals surface area contributed by atoms with Crippen LogP contribution in [0, 0.1) is 0 Å². The van der Waals surface area contributed by atoms with E-state index in [4.69, 9.17) is 0 Å². The van der Waals surface area contributed by atoms with E-state index in [1.54, 1.807) is 12.3 Å². The van der Waals surface area contributed by atoms with E-state index in [9.17, 15) is 14.4 Å². The molecule has 0 aromatic heterocycles. The van der Waals surface area contributed by atoms with E-state index in [1.165, 1.54) is 6.08 Å². The Kier molecular flexibility index (Phi) is 5.77. The average Bonchev–Trinajstić information content (AvgIpc) is 2.58. The first kappa shape index (κ1) is 15.8. The molecule has 1 aromatic carbocycles. The van der Waals surface area contributed by atoms with Crippen LogP contribution in [0.15, 0.2) is 41.4 Å². The smallest absolute Gasteiger partial charge is 0.254 e. The molecule has 1 heterocycles. The molecule has 1 aromatic rings. The molecule has 1 aliphatic rings. The van der Waals surface area contributed by atoms with Crippen LogP contribution in [0.4, 0.5) is 0 Å². The first-order valence-corrected chi connectivity index (χ1v) is 7.26. The van der Waals surface area contributed by atoms with Gasteiger partial charge >= 0.3 is 0 Å². The fourth-order valence-electron chi connectivity index (χ4n) is 2.23. The van der Waals surface area contributed by atoms with E-state index in [2.05, 4.69) is 4.99 Å². The molecule has 0 saturated carbocycles. The number of aldehydes is 1. The van der Waals surface area contributed by atoms with E-state index < -0.39 is 17.9 Å². The normalized spacial score (nSPS) is 17.4. The monoisotopic (exact) mass is 298 g/mol. The summed E-state index contributed by atoms with van der Waals surface area (Å²) in [5, 5.41) is 0. The van der Waals surface area contributed by atoms with Gasteiger partial charge in [0.15, 0.2) is 0 Å². The summed E-state index contributed by atoms with van der Waals surface area (Å²) in [6.45, 7) is -0.247. The number of imide groups is 1. The highest BCUT2D eigenvalue weighted by atomic mass is 16.2. The van der Waals surface area contributed by atoms with Crippen LogP contribution in [-0.4, -0.2) is 41.8 Å². The maximum absolute atomic E-state index is 12.3.